The molecular weight excluding hydrogens is 402 g/mol. The molecule has 2 atom stereocenters. The first-order valence-electron chi connectivity index (χ1n) is 11.9. The summed E-state index contributed by atoms with van der Waals surface area (Å²) in [6, 6.07) is 9.54. The molecule has 1 saturated heterocycles. The van der Waals surface area contributed by atoms with Crippen molar-refractivity contribution in [2.75, 3.05) is 33.3 Å². The van der Waals surface area contributed by atoms with Gasteiger partial charge in [-0.25, -0.2) is 9.67 Å². The summed E-state index contributed by atoms with van der Waals surface area (Å²) in [5.41, 5.74) is 2.65. The Labute approximate surface area is 191 Å². The zero-order valence-electron chi connectivity index (χ0n) is 19.7. The highest BCUT2D eigenvalue weighted by Crippen LogP contribution is 2.26. The lowest BCUT2D eigenvalue weighted by Crippen LogP contribution is -2.47. The molecule has 0 radical (unpaired) electrons. The number of aromatic nitrogens is 3. The number of likely N-dealkylation sites (tertiary alicyclic amines) is 1. The number of methoxy groups -OCH3 is 1. The van der Waals surface area contributed by atoms with E-state index in [1.807, 2.05) is 4.68 Å². The van der Waals surface area contributed by atoms with Crippen molar-refractivity contribution in [1.82, 2.24) is 30.3 Å². The monoisotopic (exact) mass is 439 g/mol. The van der Waals surface area contributed by atoms with Crippen LogP contribution in [0.3, 0.4) is 0 Å². The second kappa shape index (κ2) is 10.9. The number of hydrogen-bond acceptors (Lipinski definition) is 5. The topological polar surface area (TPSA) is 79.6 Å². The summed E-state index contributed by atoms with van der Waals surface area (Å²) in [5.74, 6) is 2.69. The third kappa shape index (κ3) is 5.66. The molecule has 2 aromatic rings. The SMILES string of the molecule is CCNC(=NCC(c1ccc(C)cc1)N1CCCC1)NC1CCc2nc(COC)nn2C1. The van der Waals surface area contributed by atoms with E-state index in [0.29, 0.717) is 12.6 Å². The molecule has 8 heteroatoms. The average molecular weight is 440 g/mol. The molecule has 32 heavy (non-hydrogen) atoms. The molecule has 3 heterocycles. The van der Waals surface area contributed by atoms with Crippen molar-refractivity contribution in [3.8, 4) is 0 Å². The van der Waals surface area contributed by atoms with Crippen LogP contribution < -0.4 is 10.6 Å². The van der Waals surface area contributed by atoms with Crippen LogP contribution in [0.2, 0.25) is 0 Å². The Kier molecular flexibility index (Phi) is 7.76. The van der Waals surface area contributed by atoms with Crippen LogP contribution in [0.4, 0.5) is 0 Å². The summed E-state index contributed by atoms with van der Waals surface area (Å²) in [5, 5.41) is 11.7. The number of rotatable bonds is 8. The number of aryl methyl sites for hydroxylation is 2. The molecule has 0 amide bonds. The first-order chi connectivity index (χ1) is 15.7. The predicted molar refractivity (Wildman–Crippen MR) is 127 cm³/mol. The van der Waals surface area contributed by atoms with Gasteiger partial charge in [-0.15, -0.1) is 0 Å². The standard InChI is InChI=1S/C24H37N7O/c1-4-25-24(27-20-11-12-23-28-22(17-32-3)29-31(23)16-20)26-15-21(30-13-5-6-14-30)19-9-7-18(2)8-10-19/h7-10,20-21H,4-6,11-17H2,1-3H3,(H2,25,26,27). The fourth-order valence-corrected chi connectivity index (χ4v) is 4.63. The molecular formula is C24H37N7O. The summed E-state index contributed by atoms with van der Waals surface area (Å²) in [6.45, 7) is 9.40. The van der Waals surface area contributed by atoms with Gasteiger partial charge in [-0.2, -0.15) is 5.10 Å². The van der Waals surface area contributed by atoms with E-state index in [9.17, 15) is 0 Å². The van der Waals surface area contributed by atoms with Crippen LogP contribution in [0, 0.1) is 6.92 Å². The Hall–Kier alpha value is -2.45. The van der Waals surface area contributed by atoms with Crippen LogP contribution in [-0.4, -0.2) is 65.0 Å². The smallest absolute Gasteiger partial charge is 0.191 e. The zero-order chi connectivity index (χ0) is 22.3. The van der Waals surface area contributed by atoms with Crippen molar-refractivity contribution in [3.63, 3.8) is 0 Å². The molecule has 1 aromatic heterocycles. The Balaban J connectivity index is 1.44. The van der Waals surface area contributed by atoms with Crippen molar-refractivity contribution in [3.05, 3.63) is 47.0 Å². The molecule has 1 fully saturated rings. The largest absolute Gasteiger partial charge is 0.377 e. The minimum atomic E-state index is 0.280. The van der Waals surface area contributed by atoms with Crippen molar-refractivity contribution >= 4 is 5.96 Å². The van der Waals surface area contributed by atoms with E-state index in [4.69, 9.17) is 9.73 Å². The van der Waals surface area contributed by atoms with Crippen LogP contribution in [0.25, 0.3) is 0 Å². The number of nitrogens with one attached hydrogen (secondary N) is 2. The van der Waals surface area contributed by atoms with Gasteiger partial charge in [0.15, 0.2) is 11.8 Å². The molecule has 0 spiro atoms. The highest BCUT2D eigenvalue weighted by atomic mass is 16.5. The quantitative estimate of drug-likeness (QED) is 0.486. The average Bonchev–Trinajstić information content (AvgIpc) is 3.45. The van der Waals surface area contributed by atoms with Crippen molar-refractivity contribution < 1.29 is 4.74 Å². The van der Waals surface area contributed by atoms with Gasteiger partial charge in [0, 0.05) is 26.1 Å². The Morgan fingerprint density at radius 3 is 2.75 bits per heavy atom. The Morgan fingerprint density at radius 2 is 2.03 bits per heavy atom. The van der Waals surface area contributed by atoms with Gasteiger partial charge in [0.25, 0.3) is 0 Å². The summed E-state index contributed by atoms with van der Waals surface area (Å²) in [6.07, 6.45) is 4.48. The molecule has 0 aliphatic carbocycles. The number of hydrogen-bond donors (Lipinski definition) is 2. The number of aliphatic imine (C=N–C) groups is 1. The van der Waals surface area contributed by atoms with E-state index in [1.54, 1.807) is 7.11 Å². The fraction of sp³-hybridized carbons (Fsp3) is 0.625. The van der Waals surface area contributed by atoms with Gasteiger partial charge in [0.2, 0.25) is 0 Å². The van der Waals surface area contributed by atoms with E-state index < -0.39 is 0 Å². The van der Waals surface area contributed by atoms with Crippen LogP contribution >= 0.6 is 0 Å². The van der Waals surface area contributed by atoms with Crippen LogP contribution in [0.1, 0.15) is 55.0 Å². The van der Waals surface area contributed by atoms with Crippen LogP contribution in [0.15, 0.2) is 29.3 Å². The lowest BCUT2D eigenvalue weighted by Gasteiger charge is -2.28. The number of ether oxygens (including phenoxy) is 1. The third-order valence-corrected chi connectivity index (χ3v) is 6.33. The molecule has 2 aliphatic rings. The minimum absolute atomic E-state index is 0.280. The number of benzene rings is 1. The zero-order valence-corrected chi connectivity index (χ0v) is 19.7. The van der Waals surface area contributed by atoms with E-state index >= 15 is 0 Å². The maximum absolute atomic E-state index is 5.18. The van der Waals surface area contributed by atoms with Crippen LogP contribution in [0.5, 0.6) is 0 Å². The first kappa shape index (κ1) is 22.7. The van der Waals surface area contributed by atoms with Gasteiger partial charge >= 0.3 is 0 Å². The third-order valence-electron chi connectivity index (χ3n) is 6.33. The lowest BCUT2D eigenvalue weighted by molar-refractivity contribution is 0.177. The molecule has 2 unspecified atom stereocenters. The van der Waals surface area contributed by atoms with Gasteiger partial charge in [-0.1, -0.05) is 29.8 Å². The summed E-state index contributed by atoms with van der Waals surface area (Å²) in [4.78, 5) is 12.2. The van der Waals surface area contributed by atoms with E-state index in [1.165, 1.54) is 24.0 Å². The van der Waals surface area contributed by atoms with Gasteiger partial charge in [0.05, 0.1) is 19.1 Å². The van der Waals surface area contributed by atoms with E-state index in [-0.39, 0.29) is 6.04 Å². The van der Waals surface area contributed by atoms with Crippen molar-refractivity contribution in [2.45, 2.75) is 64.8 Å². The number of guanidine groups is 1. The number of fused-ring (bicyclic) bond motifs is 1. The molecule has 0 bridgehead atoms. The lowest BCUT2D eigenvalue weighted by atomic mass is 10.0. The highest BCUT2D eigenvalue weighted by molar-refractivity contribution is 5.80. The van der Waals surface area contributed by atoms with Crippen molar-refractivity contribution in [2.24, 2.45) is 4.99 Å². The molecule has 174 valence electrons. The maximum atomic E-state index is 5.18. The van der Waals surface area contributed by atoms with Gasteiger partial charge in [-0.3, -0.25) is 9.89 Å². The van der Waals surface area contributed by atoms with Gasteiger partial charge in [-0.05, 0) is 51.8 Å². The normalized spacial score (nSPS) is 20.2. The summed E-state index contributed by atoms with van der Waals surface area (Å²) >= 11 is 0. The Bertz CT molecular complexity index is 886. The summed E-state index contributed by atoms with van der Waals surface area (Å²) < 4.78 is 7.19. The van der Waals surface area contributed by atoms with Crippen LogP contribution in [-0.2, 0) is 24.3 Å². The second-order valence-corrected chi connectivity index (χ2v) is 8.83. The highest BCUT2D eigenvalue weighted by Gasteiger charge is 2.25. The molecule has 2 N–H and O–H groups in total. The van der Waals surface area contributed by atoms with Gasteiger partial charge in [0.1, 0.15) is 12.4 Å². The first-order valence-corrected chi connectivity index (χ1v) is 11.9. The Morgan fingerprint density at radius 1 is 1.25 bits per heavy atom. The molecule has 2 aliphatic heterocycles. The van der Waals surface area contributed by atoms with E-state index in [2.05, 4.69) is 63.7 Å². The molecule has 4 rings (SSSR count). The second-order valence-electron chi connectivity index (χ2n) is 8.83. The molecule has 8 nitrogen and oxygen atoms in total. The fourth-order valence-electron chi connectivity index (χ4n) is 4.63. The van der Waals surface area contributed by atoms with Gasteiger partial charge < -0.3 is 15.4 Å². The van der Waals surface area contributed by atoms with Crippen molar-refractivity contribution in [1.29, 1.82) is 0 Å². The van der Waals surface area contributed by atoms with E-state index in [0.717, 1.165) is 63.2 Å². The predicted octanol–water partition coefficient (Wildman–Crippen LogP) is 2.44. The molecule has 0 saturated carbocycles. The number of nitrogens with zero attached hydrogens (tertiary/aromatic N) is 5. The summed E-state index contributed by atoms with van der Waals surface area (Å²) in [7, 11) is 1.68. The molecule has 1 aromatic carbocycles. The minimum Gasteiger partial charge on any atom is -0.377 e. The maximum Gasteiger partial charge on any atom is 0.191 e.